The normalized spacial score (nSPS) is 21.9. The van der Waals surface area contributed by atoms with E-state index in [9.17, 15) is 4.79 Å². The van der Waals surface area contributed by atoms with E-state index in [0.29, 0.717) is 5.92 Å². The van der Waals surface area contributed by atoms with Gasteiger partial charge < -0.3 is 15.4 Å². The first-order valence-corrected chi connectivity index (χ1v) is 8.01. The molecule has 3 N–H and O–H groups in total. The molecule has 1 heterocycles. The number of rotatable bonds is 6. The van der Waals surface area contributed by atoms with Gasteiger partial charge >= 0.3 is 5.97 Å². The van der Waals surface area contributed by atoms with Crippen LogP contribution in [-0.4, -0.2) is 48.4 Å². The first-order chi connectivity index (χ1) is 9.76. The smallest absolute Gasteiger partial charge is 0.352 e. The number of likely N-dealkylation sites (tertiary alicyclic amines) is 1. The minimum absolute atomic E-state index is 0.0589. The number of hydrogen-bond donors (Lipinski definition) is 2. The molecule has 1 saturated heterocycles. The molecule has 1 fully saturated rings. The third kappa shape index (κ3) is 6.14. The zero-order valence-corrected chi connectivity index (χ0v) is 13.9. The summed E-state index contributed by atoms with van der Waals surface area (Å²) in [4.78, 5) is 14.4. The molecule has 0 spiro atoms. The molecule has 1 rings (SSSR count). The number of nitrogens with two attached hydrogens (primary N) is 1. The molecule has 122 valence electrons. The first-order valence-electron chi connectivity index (χ1n) is 8.01. The van der Waals surface area contributed by atoms with Gasteiger partial charge in [0.1, 0.15) is 11.3 Å². The van der Waals surface area contributed by atoms with Crippen LogP contribution in [0.15, 0.2) is 0 Å². The maximum absolute atomic E-state index is 12.0. The highest BCUT2D eigenvalue weighted by atomic mass is 16.6. The molecular formula is C16H31N3O2. The van der Waals surface area contributed by atoms with Crippen molar-refractivity contribution in [1.29, 1.82) is 5.41 Å². The number of nitrogens with one attached hydrogen (secondary N) is 1. The van der Waals surface area contributed by atoms with Crippen molar-refractivity contribution in [1.82, 2.24) is 4.90 Å². The second kappa shape index (κ2) is 7.90. The van der Waals surface area contributed by atoms with E-state index in [-0.39, 0.29) is 11.6 Å². The van der Waals surface area contributed by atoms with E-state index in [1.807, 2.05) is 27.7 Å². The number of piperidine rings is 1. The lowest BCUT2D eigenvalue weighted by molar-refractivity contribution is -0.146. The Kier molecular flexibility index (Phi) is 6.81. The molecule has 0 radical (unpaired) electrons. The average molecular weight is 297 g/mol. The number of hydrogen-bond acceptors (Lipinski definition) is 5. The number of ether oxygens (including phenoxy) is 1. The van der Waals surface area contributed by atoms with Crippen LogP contribution in [0.1, 0.15) is 47.0 Å². The molecule has 5 nitrogen and oxygen atoms in total. The van der Waals surface area contributed by atoms with Gasteiger partial charge in [0.2, 0.25) is 0 Å². The van der Waals surface area contributed by atoms with Crippen molar-refractivity contribution in [2.24, 2.45) is 17.6 Å². The second-order valence-corrected chi connectivity index (χ2v) is 7.02. The van der Waals surface area contributed by atoms with E-state index >= 15 is 0 Å². The largest absolute Gasteiger partial charge is 0.455 e. The van der Waals surface area contributed by atoms with E-state index in [0.717, 1.165) is 39.0 Å². The third-order valence-electron chi connectivity index (χ3n) is 3.93. The molecule has 2 atom stereocenters. The highest BCUT2D eigenvalue weighted by Crippen LogP contribution is 2.19. The van der Waals surface area contributed by atoms with Crippen molar-refractivity contribution in [3.63, 3.8) is 0 Å². The molecule has 0 bridgehead atoms. The van der Waals surface area contributed by atoms with Crippen molar-refractivity contribution < 1.29 is 9.53 Å². The van der Waals surface area contributed by atoms with Gasteiger partial charge in [0, 0.05) is 19.0 Å². The Morgan fingerprint density at radius 1 is 1.48 bits per heavy atom. The van der Waals surface area contributed by atoms with Gasteiger partial charge in [0.15, 0.2) is 0 Å². The highest BCUT2D eigenvalue weighted by molar-refractivity contribution is 6.36. The molecule has 5 heteroatoms. The lowest BCUT2D eigenvalue weighted by Gasteiger charge is -2.34. The number of esters is 1. The summed E-state index contributed by atoms with van der Waals surface area (Å²) >= 11 is 0. The van der Waals surface area contributed by atoms with Gasteiger partial charge in [-0.1, -0.05) is 6.92 Å². The number of carbonyl (C=O) groups excluding carboxylic acids is 1. The van der Waals surface area contributed by atoms with Crippen LogP contribution in [-0.2, 0) is 9.53 Å². The van der Waals surface area contributed by atoms with E-state index in [2.05, 4.69) is 4.90 Å². The van der Waals surface area contributed by atoms with Gasteiger partial charge in [-0.3, -0.25) is 5.41 Å². The standard InChI is InChI=1S/C16H31N3O2/c1-5-13(14(18)15(20)21-16(2,3)4)11-19-8-6-7-12(9-17)10-19/h12-13,18H,5-11,17H2,1-4H3/t12?,13-/m1/s1. The molecule has 1 unspecified atom stereocenters. The fourth-order valence-electron chi connectivity index (χ4n) is 2.75. The predicted molar refractivity (Wildman–Crippen MR) is 85.6 cm³/mol. The van der Waals surface area contributed by atoms with Gasteiger partial charge in [-0.05, 0) is 59.0 Å². The van der Waals surface area contributed by atoms with Gasteiger partial charge in [-0.25, -0.2) is 4.79 Å². The van der Waals surface area contributed by atoms with Crippen LogP contribution in [0.2, 0.25) is 0 Å². The lowest BCUT2D eigenvalue weighted by atomic mass is 9.94. The minimum Gasteiger partial charge on any atom is -0.455 e. The zero-order valence-electron chi connectivity index (χ0n) is 13.9. The summed E-state index contributed by atoms with van der Waals surface area (Å²) in [5, 5.41) is 8.12. The van der Waals surface area contributed by atoms with Crippen LogP contribution in [0, 0.1) is 17.2 Å². The summed E-state index contributed by atoms with van der Waals surface area (Å²) in [6.07, 6.45) is 3.12. The van der Waals surface area contributed by atoms with Crippen LogP contribution in [0.5, 0.6) is 0 Å². The fraction of sp³-hybridized carbons (Fsp3) is 0.875. The third-order valence-corrected chi connectivity index (χ3v) is 3.93. The Hall–Kier alpha value is -0.940. The minimum atomic E-state index is -0.544. The van der Waals surface area contributed by atoms with Crippen LogP contribution >= 0.6 is 0 Å². The Morgan fingerprint density at radius 3 is 2.67 bits per heavy atom. The van der Waals surface area contributed by atoms with Crippen LogP contribution in [0.3, 0.4) is 0 Å². The Morgan fingerprint density at radius 2 is 2.14 bits per heavy atom. The van der Waals surface area contributed by atoms with Gasteiger partial charge in [0.05, 0.1) is 0 Å². The molecule has 0 aromatic carbocycles. The second-order valence-electron chi connectivity index (χ2n) is 7.02. The van der Waals surface area contributed by atoms with E-state index in [1.165, 1.54) is 6.42 Å². The first kappa shape index (κ1) is 18.1. The van der Waals surface area contributed by atoms with Crippen molar-refractivity contribution in [3.05, 3.63) is 0 Å². The van der Waals surface area contributed by atoms with Crippen molar-refractivity contribution >= 4 is 11.7 Å². The van der Waals surface area contributed by atoms with Crippen molar-refractivity contribution in [3.8, 4) is 0 Å². The summed E-state index contributed by atoms with van der Waals surface area (Å²) in [6, 6.07) is 0. The maximum atomic E-state index is 12.0. The number of nitrogens with zero attached hydrogens (tertiary/aromatic N) is 1. The summed E-state index contributed by atoms with van der Waals surface area (Å²) in [6.45, 7) is 11.0. The monoisotopic (exact) mass is 297 g/mol. The molecule has 1 aliphatic rings. The van der Waals surface area contributed by atoms with Crippen molar-refractivity contribution in [2.75, 3.05) is 26.2 Å². The molecule has 21 heavy (non-hydrogen) atoms. The van der Waals surface area contributed by atoms with Crippen LogP contribution in [0.25, 0.3) is 0 Å². The van der Waals surface area contributed by atoms with Crippen LogP contribution in [0.4, 0.5) is 0 Å². The summed E-state index contributed by atoms with van der Waals surface area (Å²) < 4.78 is 5.31. The highest BCUT2D eigenvalue weighted by Gasteiger charge is 2.28. The molecule has 0 aliphatic carbocycles. The molecule has 0 aromatic heterocycles. The van der Waals surface area contributed by atoms with E-state index in [4.69, 9.17) is 15.9 Å². The average Bonchev–Trinajstić information content (AvgIpc) is 2.42. The quantitative estimate of drug-likeness (QED) is 0.581. The summed E-state index contributed by atoms with van der Waals surface area (Å²) in [5.41, 5.74) is 5.32. The Balaban J connectivity index is 2.57. The van der Waals surface area contributed by atoms with Gasteiger partial charge in [-0.2, -0.15) is 0 Å². The predicted octanol–water partition coefficient (Wildman–Crippen LogP) is 2.04. The topological polar surface area (TPSA) is 79.4 Å². The van der Waals surface area contributed by atoms with Gasteiger partial charge in [-0.15, -0.1) is 0 Å². The molecule has 0 saturated carbocycles. The SMILES string of the molecule is CC[C@H](CN1CCCC(CN)C1)C(=N)C(=O)OC(C)(C)C. The van der Waals surface area contributed by atoms with Gasteiger partial charge in [0.25, 0.3) is 0 Å². The molecular weight excluding hydrogens is 266 g/mol. The zero-order chi connectivity index (χ0) is 16.0. The number of carbonyl (C=O) groups is 1. The molecule has 0 amide bonds. The summed E-state index contributed by atoms with van der Waals surface area (Å²) in [5.74, 6) is 0.00470. The lowest BCUT2D eigenvalue weighted by Crippen LogP contribution is -2.43. The van der Waals surface area contributed by atoms with E-state index < -0.39 is 11.6 Å². The molecule has 0 aromatic rings. The van der Waals surface area contributed by atoms with Crippen molar-refractivity contribution in [2.45, 2.75) is 52.6 Å². The fourth-order valence-corrected chi connectivity index (χ4v) is 2.75. The van der Waals surface area contributed by atoms with Crippen LogP contribution < -0.4 is 5.73 Å². The Labute approximate surface area is 128 Å². The van der Waals surface area contributed by atoms with E-state index in [1.54, 1.807) is 0 Å². The summed E-state index contributed by atoms with van der Waals surface area (Å²) in [7, 11) is 0. The Bertz CT molecular complexity index is 363. The maximum Gasteiger partial charge on any atom is 0.352 e. The molecule has 1 aliphatic heterocycles.